The van der Waals surface area contributed by atoms with Crippen LogP contribution in [0.4, 0.5) is 0 Å². The van der Waals surface area contributed by atoms with Crippen LogP contribution in [0.3, 0.4) is 0 Å². The summed E-state index contributed by atoms with van der Waals surface area (Å²) in [6.07, 6.45) is 4.19. The van der Waals surface area contributed by atoms with Gasteiger partial charge in [0.1, 0.15) is 5.75 Å². The molecule has 1 saturated carbocycles. The molecule has 1 unspecified atom stereocenters. The van der Waals surface area contributed by atoms with Gasteiger partial charge in [0.05, 0.1) is 12.8 Å². The lowest BCUT2D eigenvalue weighted by molar-refractivity contribution is 0.311. The molecule has 2 aliphatic rings. The average Bonchev–Trinajstić information content (AvgIpc) is 3.18. The maximum atomic E-state index is 5.29. The fraction of sp³-hybridized carbons (Fsp3) is 0.688. The number of hydrogen-bond donors (Lipinski definition) is 1. The molecule has 1 atom stereocenters. The third kappa shape index (κ3) is 3.49. The number of nitrogens with zero attached hydrogens (tertiary/aromatic N) is 2. The molecule has 1 aliphatic heterocycles. The predicted molar refractivity (Wildman–Crippen MR) is 79.9 cm³/mol. The minimum Gasteiger partial charge on any atom is -0.497 e. The van der Waals surface area contributed by atoms with Crippen molar-refractivity contribution in [3.8, 4) is 5.75 Å². The number of ether oxygens (including phenoxy) is 1. The zero-order valence-electron chi connectivity index (χ0n) is 12.6. The molecule has 0 amide bonds. The van der Waals surface area contributed by atoms with Crippen LogP contribution in [-0.4, -0.2) is 42.7 Å². The number of nitrogens with one attached hydrogen (secondary N) is 1. The number of aromatic nitrogens is 1. The molecule has 1 aromatic rings. The Labute approximate surface area is 121 Å². The molecule has 0 spiro atoms. The topological polar surface area (TPSA) is 37.4 Å². The van der Waals surface area contributed by atoms with Crippen molar-refractivity contribution in [1.29, 1.82) is 0 Å². The zero-order chi connectivity index (χ0) is 13.9. The lowest BCUT2D eigenvalue weighted by Crippen LogP contribution is -2.27. The van der Waals surface area contributed by atoms with Crippen molar-refractivity contribution >= 4 is 0 Å². The number of likely N-dealkylation sites (tertiary alicyclic amines) is 1. The Kier molecular flexibility index (Phi) is 4.22. The van der Waals surface area contributed by atoms with Crippen molar-refractivity contribution < 1.29 is 4.74 Å². The van der Waals surface area contributed by atoms with E-state index in [2.05, 4.69) is 15.2 Å². The largest absolute Gasteiger partial charge is 0.497 e. The molecule has 0 bridgehead atoms. The van der Waals surface area contributed by atoms with E-state index < -0.39 is 0 Å². The van der Waals surface area contributed by atoms with E-state index in [4.69, 9.17) is 4.74 Å². The highest BCUT2D eigenvalue weighted by Crippen LogP contribution is 2.31. The van der Waals surface area contributed by atoms with Gasteiger partial charge in [-0.25, -0.2) is 0 Å². The van der Waals surface area contributed by atoms with E-state index in [0.29, 0.717) is 0 Å². The van der Waals surface area contributed by atoms with Gasteiger partial charge in [-0.05, 0) is 45.2 Å². The van der Waals surface area contributed by atoms with Crippen LogP contribution in [-0.2, 0) is 6.54 Å². The molecule has 4 nitrogen and oxygen atoms in total. The quantitative estimate of drug-likeness (QED) is 0.861. The Balaban J connectivity index is 1.44. The fourth-order valence-electron chi connectivity index (χ4n) is 3.12. The maximum absolute atomic E-state index is 5.29. The Hall–Kier alpha value is -1.13. The Morgan fingerprint density at radius 1 is 1.35 bits per heavy atom. The van der Waals surface area contributed by atoms with Gasteiger partial charge in [0.15, 0.2) is 0 Å². The third-order valence-corrected chi connectivity index (χ3v) is 4.34. The average molecular weight is 275 g/mol. The summed E-state index contributed by atoms with van der Waals surface area (Å²) in [5.74, 6) is 1.71. The molecule has 3 rings (SSSR count). The zero-order valence-corrected chi connectivity index (χ0v) is 12.6. The number of methoxy groups -OCH3 is 1. The van der Waals surface area contributed by atoms with Crippen molar-refractivity contribution in [3.05, 3.63) is 23.5 Å². The molecule has 1 saturated heterocycles. The Morgan fingerprint density at radius 3 is 2.95 bits per heavy atom. The smallest absolute Gasteiger partial charge is 0.122 e. The van der Waals surface area contributed by atoms with Gasteiger partial charge < -0.3 is 15.0 Å². The Bertz CT molecular complexity index is 459. The standard InChI is InChI=1S/C16H25N3O/c1-12-7-16(20-2)8-14(18-12)10-17-9-13-5-6-19(11-13)15-3-4-15/h7-8,13,15,17H,3-6,9-11H2,1-2H3. The summed E-state index contributed by atoms with van der Waals surface area (Å²) >= 11 is 0. The first-order valence-corrected chi connectivity index (χ1v) is 7.71. The molecule has 1 aliphatic carbocycles. The molecule has 1 aromatic heterocycles. The van der Waals surface area contributed by atoms with Crippen LogP contribution in [0.5, 0.6) is 5.75 Å². The number of rotatable bonds is 6. The highest BCUT2D eigenvalue weighted by molar-refractivity contribution is 5.26. The highest BCUT2D eigenvalue weighted by atomic mass is 16.5. The van der Waals surface area contributed by atoms with Gasteiger partial charge in [-0.15, -0.1) is 0 Å². The van der Waals surface area contributed by atoms with Crippen LogP contribution in [0.1, 0.15) is 30.7 Å². The Morgan fingerprint density at radius 2 is 2.20 bits per heavy atom. The summed E-state index contributed by atoms with van der Waals surface area (Å²) < 4.78 is 5.29. The minimum atomic E-state index is 0.808. The summed E-state index contributed by atoms with van der Waals surface area (Å²) in [5, 5.41) is 3.56. The van der Waals surface area contributed by atoms with Crippen LogP contribution < -0.4 is 10.1 Å². The third-order valence-electron chi connectivity index (χ3n) is 4.34. The lowest BCUT2D eigenvalue weighted by Gasteiger charge is -2.15. The monoisotopic (exact) mass is 275 g/mol. The first-order valence-electron chi connectivity index (χ1n) is 7.71. The molecule has 0 radical (unpaired) electrons. The minimum absolute atomic E-state index is 0.808. The van der Waals surface area contributed by atoms with Gasteiger partial charge >= 0.3 is 0 Å². The molecular weight excluding hydrogens is 250 g/mol. The first-order chi connectivity index (χ1) is 9.74. The van der Waals surface area contributed by atoms with Crippen LogP contribution in [0, 0.1) is 12.8 Å². The van der Waals surface area contributed by atoms with Crippen molar-refractivity contribution in [2.75, 3.05) is 26.7 Å². The maximum Gasteiger partial charge on any atom is 0.122 e. The molecular formula is C16H25N3O. The second kappa shape index (κ2) is 6.10. The van der Waals surface area contributed by atoms with E-state index >= 15 is 0 Å². The van der Waals surface area contributed by atoms with Crippen LogP contribution in [0.15, 0.2) is 12.1 Å². The molecule has 1 N–H and O–H groups in total. The summed E-state index contributed by atoms with van der Waals surface area (Å²) in [5.41, 5.74) is 2.08. The number of aryl methyl sites for hydroxylation is 1. The molecule has 2 heterocycles. The second-order valence-electron chi connectivity index (χ2n) is 6.15. The second-order valence-corrected chi connectivity index (χ2v) is 6.15. The molecule has 2 fully saturated rings. The fourth-order valence-corrected chi connectivity index (χ4v) is 3.12. The van der Waals surface area contributed by atoms with Crippen molar-refractivity contribution in [2.45, 2.75) is 38.8 Å². The molecule has 110 valence electrons. The number of pyridine rings is 1. The summed E-state index contributed by atoms with van der Waals surface area (Å²) in [6, 6.07) is 4.90. The van der Waals surface area contributed by atoms with E-state index in [9.17, 15) is 0 Å². The van der Waals surface area contributed by atoms with Gasteiger partial charge in [0.2, 0.25) is 0 Å². The van der Waals surface area contributed by atoms with E-state index in [0.717, 1.165) is 42.2 Å². The van der Waals surface area contributed by atoms with Crippen LogP contribution in [0.2, 0.25) is 0 Å². The van der Waals surface area contributed by atoms with Crippen LogP contribution >= 0.6 is 0 Å². The van der Waals surface area contributed by atoms with Crippen molar-refractivity contribution in [3.63, 3.8) is 0 Å². The summed E-state index contributed by atoms with van der Waals surface area (Å²) in [4.78, 5) is 7.21. The predicted octanol–water partition coefficient (Wildman–Crippen LogP) is 1.97. The van der Waals surface area contributed by atoms with E-state index in [1.807, 2.05) is 19.1 Å². The SMILES string of the molecule is COc1cc(C)nc(CNCC2CCN(C3CC3)C2)c1. The summed E-state index contributed by atoms with van der Waals surface area (Å²) in [7, 11) is 1.71. The van der Waals surface area contributed by atoms with E-state index in [1.54, 1.807) is 7.11 Å². The van der Waals surface area contributed by atoms with Crippen molar-refractivity contribution in [1.82, 2.24) is 15.2 Å². The molecule has 0 aromatic carbocycles. The highest BCUT2D eigenvalue weighted by Gasteiger charge is 2.33. The number of hydrogen-bond acceptors (Lipinski definition) is 4. The van der Waals surface area contributed by atoms with Crippen molar-refractivity contribution in [2.24, 2.45) is 5.92 Å². The molecule has 20 heavy (non-hydrogen) atoms. The van der Waals surface area contributed by atoms with Gasteiger partial charge in [-0.3, -0.25) is 4.98 Å². The first kappa shape index (κ1) is 13.8. The van der Waals surface area contributed by atoms with Gasteiger partial charge in [0, 0.05) is 37.0 Å². The van der Waals surface area contributed by atoms with E-state index in [-0.39, 0.29) is 0 Å². The van der Waals surface area contributed by atoms with Crippen LogP contribution in [0.25, 0.3) is 0 Å². The van der Waals surface area contributed by atoms with Gasteiger partial charge in [0.25, 0.3) is 0 Å². The van der Waals surface area contributed by atoms with Gasteiger partial charge in [-0.2, -0.15) is 0 Å². The summed E-state index contributed by atoms with van der Waals surface area (Å²) in [6.45, 7) is 6.52. The lowest BCUT2D eigenvalue weighted by atomic mass is 10.1. The normalized spacial score (nSPS) is 23.2. The molecule has 4 heteroatoms. The van der Waals surface area contributed by atoms with Gasteiger partial charge in [-0.1, -0.05) is 0 Å². The van der Waals surface area contributed by atoms with E-state index in [1.165, 1.54) is 32.4 Å².